The van der Waals surface area contributed by atoms with Gasteiger partial charge in [-0.15, -0.1) is 11.3 Å². The van der Waals surface area contributed by atoms with Crippen LogP contribution in [0.3, 0.4) is 0 Å². The number of rotatable bonds is 25. The highest BCUT2D eigenvalue weighted by Crippen LogP contribution is 2.29. The number of aliphatic hydroxyl groups excluding tert-OH is 1. The minimum absolute atomic E-state index is 0.0110. The van der Waals surface area contributed by atoms with Crippen molar-refractivity contribution >= 4 is 68.5 Å². The van der Waals surface area contributed by atoms with E-state index >= 15 is 0 Å². The van der Waals surface area contributed by atoms with Gasteiger partial charge < -0.3 is 50.5 Å². The first-order valence-electron chi connectivity index (χ1n) is 26.1. The average Bonchev–Trinajstić information content (AvgIpc) is 4.26. The monoisotopic (exact) mass is 1060 g/mol. The zero-order valence-electron chi connectivity index (χ0n) is 44.1. The van der Waals surface area contributed by atoms with Gasteiger partial charge in [-0.2, -0.15) is 5.10 Å². The van der Waals surface area contributed by atoms with Crippen LogP contribution in [0.25, 0.3) is 32.4 Å². The van der Waals surface area contributed by atoms with E-state index in [1.165, 1.54) is 4.90 Å². The summed E-state index contributed by atoms with van der Waals surface area (Å²) in [4.78, 5) is 83.3. The molecule has 2 aliphatic heterocycles. The normalized spacial score (nSPS) is 17.3. The maximum Gasteiger partial charge on any atom is 0.255 e. The van der Waals surface area contributed by atoms with Crippen LogP contribution in [0.1, 0.15) is 80.3 Å². The van der Waals surface area contributed by atoms with Crippen LogP contribution in [-0.2, 0) is 53.5 Å². The number of amides is 5. The number of hydrogen-bond donors (Lipinski definition) is 6. The quantitative estimate of drug-likeness (QED) is 0.0409. The Hall–Kier alpha value is -6.62. The Labute approximate surface area is 446 Å². The van der Waals surface area contributed by atoms with E-state index < -0.39 is 29.5 Å². The fourth-order valence-corrected chi connectivity index (χ4v) is 10.4. The lowest BCUT2D eigenvalue weighted by atomic mass is 9.85. The number of H-pyrrole nitrogens is 1. The molecule has 0 aliphatic carbocycles. The number of aliphatic hydroxyl groups is 1. The highest BCUT2D eigenvalue weighted by Gasteiger charge is 2.44. The second kappa shape index (κ2) is 25.9. The Morgan fingerprint density at radius 3 is 2.36 bits per heavy atom. The number of ether oxygens (including phenoxy) is 3. The van der Waals surface area contributed by atoms with Gasteiger partial charge in [0.05, 0.1) is 91.1 Å². The number of aromatic amines is 1. The molecule has 21 heteroatoms. The van der Waals surface area contributed by atoms with E-state index in [-0.39, 0.29) is 82.4 Å². The Balaban J connectivity index is 0.638. The number of imidazole rings is 1. The summed E-state index contributed by atoms with van der Waals surface area (Å²) in [7, 11) is 1.87. The van der Waals surface area contributed by atoms with Crippen molar-refractivity contribution in [3.63, 3.8) is 0 Å². The summed E-state index contributed by atoms with van der Waals surface area (Å²) in [6, 6.07) is 17.3. The zero-order valence-corrected chi connectivity index (χ0v) is 44.9. The second-order valence-electron chi connectivity index (χ2n) is 20.7. The smallest absolute Gasteiger partial charge is 0.255 e. The molecule has 6 aromatic rings. The molecule has 3 aromatic carbocycles. The molecule has 0 spiro atoms. The van der Waals surface area contributed by atoms with Gasteiger partial charge in [-0.05, 0) is 85.2 Å². The summed E-state index contributed by atoms with van der Waals surface area (Å²) in [5.74, 6) is -0.0874. The third-order valence-corrected chi connectivity index (χ3v) is 14.8. The number of carbonyl (C=O) groups is 5. The molecular formula is C55H71N11O9S. The minimum atomic E-state index is -0.938. The molecule has 406 valence electrons. The number of carbonyl (C=O) groups excluding carboxylic acids is 5. The Bertz CT molecular complexity index is 2950. The molecule has 5 amide bonds. The summed E-state index contributed by atoms with van der Waals surface area (Å²) in [5.41, 5.74) is 7.91. The molecule has 0 saturated carbocycles. The molecule has 2 fully saturated rings. The van der Waals surface area contributed by atoms with Gasteiger partial charge in [-0.3, -0.25) is 33.6 Å². The second-order valence-corrected chi connectivity index (χ2v) is 21.6. The lowest BCUT2D eigenvalue weighted by Crippen LogP contribution is -2.57. The predicted octanol–water partition coefficient (Wildman–Crippen LogP) is 5.10. The topological polar surface area (TPSA) is 247 Å². The van der Waals surface area contributed by atoms with E-state index in [4.69, 9.17) is 19.2 Å². The number of likely N-dealkylation sites (tertiary alicyclic amines) is 2. The number of nitrogens with zero attached hydrogens (tertiary/aromatic N) is 6. The number of β-amino-alcohol motifs (C(OH)–C–C–N with tert-alkyl or cyclic N) is 1. The SMILES string of the molecule is Cc1ncsc1-c1ccc(CNC(=O)[C@@H]2C[C@@H](O)CN2C(=O)[C@@H](NC(=O)CCOCCOCCOCCC(=O)NCCC2CCN(Cc3nc4cc(NC(=O)c5ccc6c(cnn6C)c5)ccc4[nH]3)C2)C(C)(C)C)cc1. The van der Waals surface area contributed by atoms with E-state index in [1.54, 1.807) is 28.3 Å². The lowest BCUT2D eigenvalue weighted by Gasteiger charge is -2.35. The molecule has 20 nitrogen and oxygen atoms in total. The number of benzene rings is 3. The van der Waals surface area contributed by atoms with E-state index in [0.29, 0.717) is 43.5 Å². The van der Waals surface area contributed by atoms with Crippen LogP contribution >= 0.6 is 11.3 Å². The van der Waals surface area contributed by atoms with Crippen molar-refractivity contribution in [3.05, 3.63) is 95.0 Å². The van der Waals surface area contributed by atoms with Crippen molar-refractivity contribution in [2.75, 3.05) is 71.1 Å². The predicted molar refractivity (Wildman–Crippen MR) is 289 cm³/mol. The molecule has 0 radical (unpaired) electrons. The maximum atomic E-state index is 14.0. The third kappa shape index (κ3) is 15.1. The van der Waals surface area contributed by atoms with Crippen molar-refractivity contribution in [1.82, 2.24) is 50.5 Å². The number of fused-ring (bicyclic) bond motifs is 2. The summed E-state index contributed by atoms with van der Waals surface area (Å²) < 4.78 is 18.6. The van der Waals surface area contributed by atoms with Crippen molar-refractivity contribution in [1.29, 1.82) is 0 Å². The number of hydrogen-bond acceptors (Lipinski definition) is 14. The van der Waals surface area contributed by atoms with Crippen molar-refractivity contribution in [3.8, 4) is 10.4 Å². The molecule has 6 N–H and O–H groups in total. The molecular weight excluding hydrogens is 991 g/mol. The Morgan fingerprint density at radius 1 is 0.895 bits per heavy atom. The number of aryl methyl sites for hydroxylation is 2. The average molecular weight is 1060 g/mol. The van der Waals surface area contributed by atoms with Crippen LogP contribution in [-0.4, -0.2) is 153 Å². The number of anilines is 1. The fraction of sp³-hybridized carbons (Fsp3) is 0.491. The first kappa shape index (κ1) is 55.6. The van der Waals surface area contributed by atoms with Crippen LogP contribution in [0.5, 0.6) is 0 Å². The van der Waals surface area contributed by atoms with Gasteiger partial charge >= 0.3 is 0 Å². The largest absolute Gasteiger partial charge is 0.391 e. The standard InChI is InChI=1S/C55H71N11O9S/c1-35-50(76-34-58-35)38-8-6-36(7-9-38)29-57-53(71)46-28-42(67)32-66(46)54(72)51(55(2,3)4)63-49(69)17-21-74-23-25-75-24-22-73-20-16-48(68)56-18-14-37-15-19-65(31-37)33-47-61-43-12-11-41(27-44(43)62-47)60-52(70)39-10-13-45-40(26-39)30-59-64(45)5/h6-13,26-27,30,34,37,42,46,51,67H,14-25,28-29,31-33H2,1-5H3,(H,56,68)(H,57,71)(H,60,70)(H,61,62)(H,63,69)/t37?,42-,46+,51-/m1/s1. The van der Waals surface area contributed by atoms with Crippen LogP contribution < -0.4 is 21.3 Å². The van der Waals surface area contributed by atoms with E-state index in [0.717, 1.165) is 75.4 Å². The molecule has 3 aromatic heterocycles. The van der Waals surface area contributed by atoms with Gasteiger partial charge in [-0.25, -0.2) is 9.97 Å². The molecule has 0 bridgehead atoms. The molecule has 8 rings (SSSR count). The van der Waals surface area contributed by atoms with Gasteiger partial charge in [0.15, 0.2) is 0 Å². The number of nitrogens with one attached hydrogen (secondary N) is 5. The number of thiazole rings is 1. The Kier molecular flexibility index (Phi) is 19.0. The Morgan fingerprint density at radius 2 is 1.63 bits per heavy atom. The highest BCUT2D eigenvalue weighted by atomic mass is 32.1. The molecule has 1 unspecified atom stereocenters. The van der Waals surface area contributed by atoms with Crippen LogP contribution in [0.2, 0.25) is 0 Å². The number of aromatic nitrogens is 5. The van der Waals surface area contributed by atoms with Crippen LogP contribution in [0.4, 0.5) is 5.69 Å². The van der Waals surface area contributed by atoms with Crippen LogP contribution in [0.15, 0.2) is 72.4 Å². The summed E-state index contributed by atoms with van der Waals surface area (Å²) in [5, 5.41) is 27.5. The van der Waals surface area contributed by atoms with Gasteiger partial charge in [0.2, 0.25) is 23.6 Å². The molecule has 76 heavy (non-hydrogen) atoms. The lowest BCUT2D eigenvalue weighted by molar-refractivity contribution is -0.144. The molecule has 2 saturated heterocycles. The van der Waals surface area contributed by atoms with Crippen molar-refractivity contribution < 1.29 is 43.3 Å². The maximum absolute atomic E-state index is 14.0. The first-order chi connectivity index (χ1) is 36.6. The van der Waals surface area contributed by atoms with Gasteiger partial charge in [0.1, 0.15) is 17.9 Å². The minimum Gasteiger partial charge on any atom is -0.391 e. The third-order valence-electron chi connectivity index (χ3n) is 13.8. The highest BCUT2D eigenvalue weighted by molar-refractivity contribution is 7.13. The van der Waals surface area contributed by atoms with Gasteiger partial charge in [0.25, 0.3) is 5.91 Å². The van der Waals surface area contributed by atoms with Crippen LogP contribution in [0, 0.1) is 18.3 Å². The van der Waals surface area contributed by atoms with Gasteiger partial charge in [-0.1, -0.05) is 45.0 Å². The molecule has 2 aliphatic rings. The summed E-state index contributed by atoms with van der Waals surface area (Å²) >= 11 is 1.57. The van der Waals surface area contributed by atoms with Crippen molar-refractivity contribution in [2.45, 2.75) is 91.1 Å². The van der Waals surface area contributed by atoms with E-state index in [2.05, 4.69) is 41.2 Å². The molecule has 4 atom stereocenters. The van der Waals surface area contributed by atoms with Crippen molar-refractivity contribution in [2.24, 2.45) is 18.4 Å². The summed E-state index contributed by atoms with van der Waals surface area (Å²) in [6.45, 7) is 12.5. The molecule has 5 heterocycles. The summed E-state index contributed by atoms with van der Waals surface area (Å²) in [6.07, 6.45) is 3.18. The van der Waals surface area contributed by atoms with E-state index in [9.17, 15) is 29.1 Å². The first-order valence-corrected chi connectivity index (χ1v) is 26.9. The van der Waals surface area contributed by atoms with Gasteiger partial charge in [0, 0.05) is 69.1 Å². The van der Waals surface area contributed by atoms with E-state index in [1.807, 2.05) is 94.9 Å². The fourth-order valence-electron chi connectivity index (χ4n) is 9.61. The zero-order chi connectivity index (χ0) is 53.8.